The van der Waals surface area contributed by atoms with Crippen LogP contribution in [0.5, 0.6) is 0 Å². The van der Waals surface area contributed by atoms with Crippen molar-refractivity contribution in [1.82, 2.24) is 10.2 Å². The van der Waals surface area contributed by atoms with Gasteiger partial charge in [0.25, 0.3) is 5.56 Å². The molecule has 1 aromatic rings. The van der Waals surface area contributed by atoms with Gasteiger partial charge in [-0.05, 0) is 0 Å². The Balaban J connectivity index is 2.76. The normalized spacial score (nSPS) is 13.3. The molecule has 1 aromatic heterocycles. The molecule has 56 valence electrons. The number of H-pyrrole nitrogens is 2. The number of rotatable bonds is 2. The van der Waals surface area contributed by atoms with Crippen molar-refractivity contribution >= 4 is 10.8 Å². The number of aromatic amines is 2. The van der Waals surface area contributed by atoms with Crippen molar-refractivity contribution in [1.29, 1.82) is 0 Å². The fraction of sp³-hybridized carbons (Fsp3) is 0.400. The average molecular weight is 160 g/mol. The summed E-state index contributed by atoms with van der Waals surface area (Å²) in [7, 11) is -0.893. The summed E-state index contributed by atoms with van der Waals surface area (Å²) in [5.74, 6) is 0.402. The van der Waals surface area contributed by atoms with E-state index in [9.17, 15) is 9.00 Å². The molecule has 0 spiro atoms. The summed E-state index contributed by atoms with van der Waals surface area (Å²) in [6.45, 7) is 0. The zero-order valence-electron chi connectivity index (χ0n) is 5.51. The van der Waals surface area contributed by atoms with Crippen LogP contribution in [0.15, 0.2) is 10.9 Å². The van der Waals surface area contributed by atoms with E-state index in [-0.39, 0.29) is 5.56 Å². The van der Waals surface area contributed by atoms with Crippen LogP contribution in [-0.2, 0) is 16.6 Å². The summed E-state index contributed by atoms with van der Waals surface area (Å²) in [5, 5.41) is 4.97. The molecule has 0 aliphatic carbocycles. The van der Waals surface area contributed by atoms with Crippen molar-refractivity contribution < 1.29 is 4.21 Å². The molecule has 0 amide bonds. The number of hydrogen-bond donors (Lipinski definition) is 2. The summed E-state index contributed by atoms with van der Waals surface area (Å²) >= 11 is 0. The van der Waals surface area contributed by atoms with Crippen molar-refractivity contribution in [3.8, 4) is 0 Å². The maximum Gasteiger partial charge on any atom is 0.264 e. The summed E-state index contributed by atoms with van der Waals surface area (Å²) in [6.07, 6.45) is 1.59. The van der Waals surface area contributed by atoms with E-state index in [0.717, 1.165) is 0 Å². The first-order valence-corrected chi connectivity index (χ1v) is 4.48. The Morgan fingerprint density at radius 1 is 1.60 bits per heavy atom. The van der Waals surface area contributed by atoms with Crippen LogP contribution in [0.4, 0.5) is 0 Å². The van der Waals surface area contributed by atoms with E-state index in [1.165, 1.54) is 6.07 Å². The molecule has 0 unspecified atom stereocenters. The summed E-state index contributed by atoms with van der Waals surface area (Å²) < 4.78 is 10.6. The minimum atomic E-state index is -0.893. The minimum absolute atomic E-state index is 0.180. The van der Waals surface area contributed by atoms with Crippen molar-refractivity contribution in [2.24, 2.45) is 0 Å². The van der Waals surface area contributed by atoms with Gasteiger partial charge < -0.3 is 5.10 Å². The largest absolute Gasteiger partial charge is 0.301 e. The highest BCUT2D eigenvalue weighted by Crippen LogP contribution is 1.91. The zero-order valence-corrected chi connectivity index (χ0v) is 6.33. The van der Waals surface area contributed by atoms with Crippen molar-refractivity contribution in [3.05, 3.63) is 22.1 Å². The van der Waals surface area contributed by atoms with E-state index in [1.54, 1.807) is 6.26 Å². The Morgan fingerprint density at radius 3 is 2.70 bits per heavy atom. The first kappa shape index (κ1) is 7.27. The fourth-order valence-corrected chi connectivity index (χ4v) is 1.26. The molecule has 1 atom stereocenters. The molecule has 0 fully saturated rings. The molecule has 0 aliphatic heterocycles. The van der Waals surface area contributed by atoms with Gasteiger partial charge in [0.2, 0.25) is 0 Å². The molecule has 0 radical (unpaired) electrons. The Labute approximate surface area is 60.1 Å². The van der Waals surface area contributed by atoms with Gasteiger partial charge in [-0.2, -0.15) is 0 Å². The lowest BCUT2D eigenvalue weighted by Crippen LogP contribution is -1.94. The van der Waals surface area contributed by atoms with E-state index < -0.39 is 10.8 Å². The number of hydrogen-bond acceptors (Lipinski definition) is 2. The topological polar surface area (TPSA) is 65.7 Å². The lowest BCUT2D eigenvalue weighted by molar-refractivity contribution is 0.685. The molecule has 1 rings (SSSR count). The highest BCUT2D eigenvalue weighted by Gasteiger charge is 1.96. The molecular weight excluding hydrogens is 152 g/mol. The second-order valence-electron chi connectivity index (χ2n) is 2.00. The second kappa shape index (κ2) is 2.83. The monoisotopic (exact) mass is 160 g/mol. The Morgan fingerprint density at radius 2 is 2.30 bits per heavy atom. The standard InChI is InChI=1S/C5H8N2O2S/c1-10(9)3-4-2-5(8)7-6-4/h2H,3H2,1H3,(H2,6,7,8)/t10-/m0/s1. The fourth-order valence-electron chi connectivity index (χ4n) is 0.669. The smallest absolute Gasteiger partial charge is 0.264 e. The maximum absolute atomic E-state index is 10.6. The van der Waals surface area contributed by atoms with Gasteiger partial charge in [0, 0.05) is 28.8 Å². The van der Waals surface area contributed by atoms with E-state index >= 15 is 0 Å². The third kappa shape index (κ3) is 1.84. The van der Waals surface area contributed by atoms with E-state index in [2.05, 4.69) is 10.2 Å². The quantitative estimate of drug-likeness (QED) is 0.617. The van der Waals surface area contributed by atoms with Crippen molar-refractivity contribution in [3.63, 3.8) is 0 Å². The van der Waals surface area contributed by atoms with Gasteiger partial charge in [-0.15, -0.1) is 0 Å². The maximum atomic E-state index is 10.6. The third-order valence-corrected chi connectivity index (χ3v) is 1.73. The zero-order chi connectivity index (χ0) is 7.56. The molecule has 1 heterocycles. The van der Waals surface area contributed by atoms with Gasteiger partial charge in [-0.3, -0.25) is 14.1 Å². The molecule has 0 bridgehead atoms. The Bertz CT molecular complexity index is 288. The molecule has 10 heavy (non-hydrogen) atoms. The predicted molar refractivity (Wildman–Crippen MR) is 39.2 cm³/mol. The molecule has 5 heteroatoms. The SMILES string of the molecule is C[S@](=O)Cc1cc(=O)[nH][nH]1. The summed E-state index contributed by atoms with van der Waals surface area (Å²) in [4.78, 5) is 10.5. The summed E-state index contributed by atoms with van der Waals surface area (Å²) in [6, 6.07) is 1.40. The summed E-state index contributed by atoms with van der Waals surface area (Å²) in [5.41, 5.74) is 0.506. The minimum Gasteiger partial charge on any atom is -0.301 e. The first-order valence-electron chi connectivity index (χ1n) is 2.75. The van der Waals surface area contributed by atoms with Crippen molar-refractivity contribution in [2.45, 2.75) is 5.75 Å². The van der Waals surface area contributed by atoms with Crippen LogP contribution in [0.3, 0.4) is 0 Å². The highest BCUT2D eigenvalue weighted by atomic mass is 32.2. The Hall–Kier alpha value is -0.840. The first-order chi connectivity index (χ1) is 4.68. The van der Waals surface area contributed by atoms with Gasteiger partial charge in [0.05, 0.1) is 5.75 Å². The van der Waals surface area contributed by atoms with Gasteiger partial charge in [0.15, 0.2) is 0 Å². The number of nitrogens with one attached hydrogen (secondary N) is 2. The second-order valence-corrected chi connectivity index (χ2v) is 3.44. The van der Waals surface area contributed by atoms with Gasteiger partial charge in [0.1, 0.15) is 0 Å². The van der Waals surface area contributed by atoms with E-state index in [0.29, 0.717) is 11.4 Å². The van der Waals surface area contributed by atoms with E-state index in [4.69, 9.17) is 0 Å². The van der Waals surface area contributed by atoms with Crippen LogP contribution in [0.1, 0.15) is 5.69 Å². The van der Waals surface area contributed by atoms with Gasteiger partial charge in [-0.1, -0.05) is 0 Å². The van der Waals surface area contributed by atoms with Crippen LogP contribution in [-0.4, -0.2) is 20.7 Å². The van der Waals surface area contributed by atoms with Crippen LogP contribution in [0, 0.1) is 0 Å². The highest BCUT2D eigenvalue weighted by molar-refractivity contribution is 7.83. The van der Waals surface area contributed by atoms with Crippen LogP contribution < -0.4 is 5.56 Å². The molecule has 2 N–H and O–H groups in total. The van der Waals surface area contributed by atoms with Gasteiger partial charge in [-0.25, -0.2) is 0 Å². The van der Waals surface area contributed by atoms with Crippen LogP contribution in [0.25, 0.3) is 0 Å². The molecule has 0 aromatic carbocycles. The molecule has 0 saturated carbocycles. The van der Waals surface area contributed by atoms with Gasteiger partial charge >= 0.3 is 0 Å². The van der Waals surface area contributed by atoms with Crippen molar-refractivity contribution in [2.75, 3.05) is 6.26 Å². The van der Waals surface area contributed by atoms with E-state index in [1.807, 2.05) is 0 Å². The predicted octanol–water partition coefficient (Wildman–Crippen LogP) is -0.419. The molecule has 0 saturated heterocycles. The lowest BCUT2D eigenvalue weighted by atomic mass is 10.5. The average Bonchev–Trinajstić information content (AvgIpc) is 2.13. The third-order valence-electron chi connectivity index (χ3n) is 1.01. The molecular formula is C5H8N2O2S. The molecule has 0 aliphatic rings. The number of aromatic nitrogens is 2. The Kier molecular flexibility index (Phi) is 2.06. The van der Waals surface area contributed by atoms with Crippen LogP contribution in [0.2, 0.25) is 0 Å². The molecule has 4 nitrogen and oxygen atoms in total. The van der Waals surface area contributed by atoms with Crippen LogP contribution >= 0.6 is 0 Å². The lowest BCUT2D eigenvalue weighted by Gasteiger charge is -1.88.